The first kappa shape index (κ1) is 23.1. The number of likely N-dealkylation sites (tertiary alicyclic amines) is 1. The van der Waals surface area contributed by atoms with Crippen LogP contribution in [0.15, 0.2) is 48.5 Å². The summed E-state index contributed by atoms with van der Waals surface area (Å²) in [4.78, 5) is 14.4. The number of benzene rings is 2. The first-order valence-corrected chi connectivity index (χ1v) is 9.69. The summed E-state index contributed by atoms with van der Waals surface area (Å²) in [6, 6.07) is 14.5. The number of amides is 1. The molecule has 0 saturated carbocycles. The number of carbonyl (C=O) groups is 1. The Kier molecular flexibility index (Phi) is 8.02. The van der Waals surface area contributed by atoms with Crippen LogP contribution < -0.4 is 11.1 Å². The second-order valence-corrected chi connectivity index (χ2v) is 7.72. The van der Waals surface area contributed by atoms with Crippen LogP contribution in [0.25, 0.3) is 0 Å². The van der Waals surface area contributed by atoms with E-state index >= 15 is 0 Å². The van der Waals surface area contributed by atoms with E-state index in [-0.39, 0.29) is 18.2 Å². The van der Waals surface area contributed by atoms with Gasteiger partial charge < -0.3 is 4.74 Å². The summed E-state index contributed by atoms with van der Waals surface area (Å²) in [6.45, 7) is 6.04. The molecule has 0 bridgehead atoms. The van der Waals surface area contributed by atoms with Gasteiger partial charge >= 0.3 is 6.09 Å². The van der Waals surface area contributed by atoms with E-state index in [0.29, 0.717) is 49.6 Å². The van der Waals surface area contributed by atoms with Crippen LogP contribution in [-0.4, -0.2) is 29.8 Å². The van der Waals surface area contributed by atoms with E-state index in [2.05, 4.69) is 24.1 Å². The van der Waals surface area contributed by atoms with E-state index in [1.807, 2.05) is 30.3 Å². The molecule has 1 amide bonds. The highest BCUT2D eigenvalue weighted by Gasteiger charge is 2.34. The molecular formula is C22H29ClFN3O2. The molecule has 1 heterocycles. The second kappa shape index (κ2) is 10.1. The van der Waals surface area contributed by atoms with Crippen molar-refractivity contribution >= 4 is 24.2 Å². The molecule has 3 rings (SSSR count). The number of nitrogens with one attached hydrogen (secondary N) is 1. The topological polar surface area (TPSA) is 67.6 Å². The molecule has 2 aromatic carbocycles. The molecule has 0 spiro atoms. The number of hydrogen-bond donors (Lipinski definition) is 2. The van der Waals surface area contributed by atoms with Crippen molar-refractivity contribution < 1.29 is 13.9 Å². The van der Waals surface area contributed by atoms with Crippen molar-refractivity contribution in [1.82, 2.24) is 4.90 Å². The van der Waals surface area contributed by atoms with Gasteiger partial charge in [0.15, 0.2) is 5.72 Å². The maximum absolute atomic E-state index is 13.8. The molecular weight excluding hydrogens is 393 g/mol. The van der Waals surface area contributed by atoms with Gasteiger partial charge in [-0.05, 0) is 29.7 Å². The number of rotatable bonds is 5. The highest BCUT2D eigenvalue weighted by Crippen LogP contribution is 2.24. The van der Waals surface area contributed by atoms with E-state index in [1.54, 1.807) is 12.1 Å². The molecule has 7 heteroatoms. The van der Waals surface area contributed by atoms with Crippen molar-refractivity contribution in [3.63, 3.8) is 0 Å². The van der Waals surface area contributed by atoms with Crippen LogP contribution in [0.2, 0.25) is 0 Å². The Morgan fingerprint density at radius 1 is 1.17 bits per heavy atom. The lowest BCUT2D eigenvalue weighted by Crippen LogP contribution is -2.53. The molecule has 2 aromatic rings. The van der Waals surface area contributed by atoms with Gasteiger partial charge in [-0.3, -0.25) is 16.0 Å². The number of ether oxygens (including phenoxy) is 1. The van der Waals surface area contributed by atoms with Gasteiger partial charge in [-0.15, -0.1) is 12.4 Å². The number of nitrogens with two attached hydrogens (primary N) is 1. The molecule has 0 atom stereocenters. The van der Waals surface area contributed by atoms with Gasteiger partial charge in [0.2, 0.25) is 0 Å². The highest BCUT2D eigenvalue weighted by atomic mass is 35.5. The minimum absolute atomic E-state index is 0. The van der Waals surface area contributed by atoms with Crippen molar-refractivity contribution in [3.05, 3.63) is 65.5 Å². The average molecular weight is 422 g/mol. The fourth-order valence-corrected chi connectivity index (χ4v) is 3.34. The van der Waals surface area contributed by atoms with Crippen molar-refractivity contribution in [2.45, 2.75) is 44.9 Å². The van der Waals surface area contributed by atoms with E-state index in [0.717, 1.165) is 0 Å². The summed E-state index contributed by atoms with van der Waals surface area (Å²) < 4.78 is 19.3. The lowest BCUT2D eigenvalue weighted by molar-refractivity contribution is -0.0270. The van der Waals surface area contributed by atoms with Crippen molar-refractivity contribution in [2.24, 2.45) is 5.73 Å². The second-order valence-electron chi connectivity index (χ2n) is 7.72. The number of anilines is 1. The summed E-state index contributed by atoms with van der Waals surface area (Å²) in [5, 5.41) is 2.73. The Hall–Kier alpha value is -2.15. The fourth-order valence-electron chi connectivity index (χ4n) is 3.34. The zero-order valence-electron chi connectivity index (χ0n) is 16.9. The smallest absolute Gasteiger partial charge is 0.413 e. The van der Waals surface area contributed by atoms with Crippen LogP contribution >= 0.6 is 12.4 Å². The molecule has 1 aliphatic rings. The normalized spacial score (nSPS) is 16.2. The van der Waals surface area contributed by atoms with Crippen LogP contribution in [-0.2, 0) is 11.3 Å². The van der Waals surface area contributed by atoms with Crippen molar-refractivity contribution in [3.8, 4) is 0 Å². The lowest BCUT2D eigenvalue weighted by Gasteiger charge is -2.38. The predicted molar refractivity (Wildman–Crippen MR) is 116 cm³/mol. The summed E-state index contributed by atoms with van der Waals surface area (Å²) in [5.74, 6) is 0.231. The number of carbonyl (C=O) groups excluding carboxylic acids is 1. The molecule has 1 saturated heterocycles. The van der Waals surface area contributed by atoms with Crippen LogP contribution in [0.3, 0.4) is 0 Å². The van der Waals surface area contributed by atoms with Gasteiger partial charge in [0.05, 0.1) is 0 Å². The Morgan fingerprint density at radius 3 is 2.38 bits per heavy atom. The van der Waals surface area contributed by atoms with E-state index < -0.39 is 11.8 Å². The number of hydrogen-bond acceptors (Lipinski definition) is 4. The van der Waals surface area contributed by atoms with Gasteiger partial charge in [0.25, 0.3) is 0 Å². The Balaban J connectivity index is 0.00000300. The minimum Gasteiger partial charge on any atom is -0.428 e. The number of nitrogens with zero attached hydrogens (tertiary/aromatic N) is 1. The van der Waals surface area contributed by atoms with E-state index in [4.69, 9.17) is 10.5 Å². The van der Waals surface area contributed by atoms with E-state index in [9.17, 15) is 9.18 Å². The predicted octanol–water partition coefficient (Wildman–Crippen LogP) is 4.87. The SMILES string of the molecule is CC(C)c1ccc(NC(=O)OC2(N)CCN(Cc3ccccc3F)CC2)cc1.Cl. The molecule has 0 aromatic heterocycles. The van der Waals surface area contributed by atoms with Gasteiger partial charge in [0.1, 0.15) is 5.82 Å². The average Bonchev–Trinajstić information content (AvgIpc) is 2.65. The third-order valence-electron chi connectivity index (χ3n) is 5.17. The molecule has 29 heavy (non-hydrogen) atoms. The van der Waals surface area contributed by atoms with Crippen molar-refractivity contribution in [2.75, 3.05) is 18.4 Å². The maximum atomic E-state index is 13.8. The third-order valence-corrected chi connectivity index (χ3v) is 5.17. The summed E-state index contributed by atoms with van der Waals surface area (Å²) in [7, 11) is 0. The van der Waals surface area contributed by atoms with Crippen LogP contribution in [0.1, 0.15) is 43.7 Å². The van der Waals surface area contributed by atoms with Gasteiger partial charge in [-0.1, -0.05) is 44.2 Å². The van der Waals surface area contributed by atoms with Crippen molar-refractivity contribution in [1.29, 1.82) is 0 Å². The first-order chi connectivity index (χ1) is 13.3. The summed E-state index contributed by atoms with van der Waals surface area (Å²) in [6.07, 6.45) is 0.449. The van der Waals surface area contributed by atoms with Gasteiger partial charge in [-0.2, -0.15) is 0 Å². The molecule has 158 valence electrons. The minimum atomic E-state index is -1.01. The third kappa shape index (κ3) is 6.42. The van der Waals surface area contributed by atoms with Crippen LogP contribution in [0, 0.1) is 5.82 Å². The molecule has 0 aliphatic carbocycles. The highest BCUT2D eigenvalue weighted by molar-refractivity contribution is 5.85. The zero-order chi connectivity index (χ0) is 20.1. The fraction of sp³-hybridized carbons (Fsp3) is 0.409. The molecule has 0 unspecified atom stereocenters. The van der Waals surface area contributed by atoms with Gasteiger partial charge in [-0.25, -0.2) is 9.18 Å². The van der Waals surface area contributed by atoms with Crippen LogP contribution in [0.5, 0.6) is 0 Å². The van der Waals surface area contributed by atoms with Gasteiger partial charge in [0, 0.05) is 43.7 Å². The Bertz CT molecular complexity index is 806. The summed E-state index contributed by atoms with van der Waals surface area (Å²) in [5.41, 5.74) is 7.82. The van der Waals surface area contributed by atoms with E-state index in [1.165, 1.54) is 11.6 Å². The molecule has 5 nitrogen and oxygen atoms in total. The Morgan fingerprint density at radius 2 is 1.79 bits per heavy atom. The summed E-state index contributed by atoms with van der Waals surface area (Å²) >= 11 is 0. The Labute approximate surface area is 177 Å². The molecule has 1 aliphatic heterocycles. The maximum Gasteiger partial charge on any atom is 0.413 e. The molecule has 1 fully saturated rings. The lowest BCUT2D eigenvalue weighted by atomic mass is 10.0. The quantitative estimate of drug-likeness (QED) is 0.676. The monoisotopic (exact) mass is 421 g/mol. The largest absolute Gasteiger partial charge is 0.428 e. The molecule has 3 N–H and O–H groups in total. The number of piperidine rings is 1. The first-order valence-electron chi connectivity index (χ1n) is 9.69. The van der Waals surface area contributed by atoms with Crippen LogP contribution in [0.4, 0.5) is 14.9 Å². The molecule has 0 radical (unpaired) electrons. The zero-order valence-corrected chi connectivity index (χ0v) is 17.7. The standard InChI is InChI=1S/C22H28FN3O2.ClH/c1-16(2)17-7-9-19(10-8-17)25-21(27)28-22(24)11-13-26(14-12-22)15-18-5-3-4-6-20(18)23;/h3-10,16H,11-15,24H2,1-2H3,(H,25,27);1H. The number of halogens is 2.